The highest BCUT2D eigenvalue weighted by Gasteiger charge is 2.60. The summed E-state index contributed by atoms with van der Waals surface area (Å²) in [5.74, 6) is 3.99. The van der Waals surface area contributed by atoms with Gasteiger partial charge in [0.25, 0.3) is 0 Å². The number of aliphatic hydroxyl groups is 1. The molecule has 0 heterocycles. The molecular weight excluding hydrogens is 284 g/mol. The van der Waals surface area contributed by atoms with E-state index >= 15 is 0 Å². The Labute approximate surface area is 140 Å². The number of hydrogen-bond acceptors (Lipinski definition) is 2. The monoisotopic (exact) mass is 316 g/mol. The number of rotatable bonds is 2. The third-order valence-corrected chi connectivity index (χ3v) is 8.75. The second-order valence-electron chi connectivity index (χ2n) is 9.39. The Morgan fingerprint density at radius 3 is 2.70 bits per heavy atom. The van der Waals surface area contributed by atoms with Crippen LogP contribution in [0.5, 0.6) is 0 Å². The van der Waals surface area contributed by atoms with Gasteiger partial charge in [-0.2, -0.15) is 0 Å². The third kappa shape index (κ3) is 2.00. The SMILES string of the molecule is CC(=O)C1(C)CCC[C@@]2(C)C3CCC4C(CO)=CC4C3CCC12. The van der Waals surface area contributed by atoms with Crippen LogP contribution in [-0.2, 0) is 4.79 Å². The lowest BCUT2D eigenvalue weighted by atomic mass is 9.41. The molecule has 128 valence electrons. The zero-order valence-electron chi connectivity index (χ0n) is 15.0. The van der Waals surface area contributed by atoms with E-state index in [1.54, 1.807) is 0 Å². The highest BCUT2D eigenvalue weighted by Crippen LogP contribution is 2.66. The number of carbonyl (C=O) groups is 1. The van der Waals surface area contributed by atoms with Gasteiger partial charge in [0.05, 0.1) is 6.61 Å². The van der Waals surface area contributed by atoms with Crippen LogP contribution in [0.4, 0.5) is 0 Å². The number of carbonyl (C=O) groups excluding carboxylic acids is 1. The van der Waals surface area contributed by atoms with Crippen molar-refractivity contribution in [1.82, 2.24) is 0 Å². The molecule has 4 rings (SSSR count). The second-order valence-corrected chi connectivity index (χ2v) is 9.39. The van der Waals surface area contributed by atoms with Crippen molar-refractivity contribution in [1.29, 1.82) is 0 Å². The van der Waals surface area contributed by atoms with E-state index in [0.717, 1.165) is 24.2 Å². The Kier molecular flexibility index (Phi) is 3.58. The molecule has 0 aromatic carbocycles. The zero-order chi connectivity index (χ0) is 16.4. The Bertz CT molecular complexity index is 550. The molecule has 2 nitrogen and oxygen atoms in total. The van der Waals surface area contributed by atoms with Gasteiger partial charge in [0.2, 0.25) is 0 Å². The Morgan fingerprint density at radius 1 is 1.22 bits per heavy atom. The Morgan fingerprint density at radius 2 is 2.00 bits per heavy atom. The maximum atomic E-state index is 12.4. The van der Waals surface area contributed by atoms with Crippen molar-refractivity contribution in [2.45, 2.75) is 65.7 Å². The summed E-state index contributed by atoms with van der Waals surface area (Å²) in [6, 6.07) is 0. The molecule has 0 aromatic rings. The number of ketones is 1. The van der Waals surface area contributed by atoms with Crippen molar-refractivity contribution in [3.8, 4) is 0 Å². The molecule has 0 spiro atoms. The molecule has 3 saturated carbocycles. The van der Waals surface area contributed by atoms with Crippen molar-refractivity contribution < 1.29 is 9.90 Å². The van der Waals surface area contributed by atoms with Gasteiger partial charge in [-0.05, 0) is 86.0 Å². The lowest BCUT2D eigenvalue weighted by Crippen LogP contribution is -2.58. The molecule has 4 aliphatic rings. The van der Waals surface area contributed by atoms with E-state index in [4.69, 9.17) is 0 Å². The highest BCUT2D eigenvalue weighted by molar-refractivity contribution is 5.82. The lowest BCUT2D eigenvalue weighted by molar-refractivity contribution is -0.156. The Balaban J connectivity index is 1.65. The number of aliphatic hydroxyl groups excluding tert-OH is 1. The van der Waals surface area contributed by atoms with E-state index in [1.807, 2.05) is 6.92 Å². The van der Waals surface area contributed by atoms with Gasteiger partial charge in [0, 0.05) is 5.41 Å². The molecule has 0 saturated heterocycles. The molecule has 0 radical (unpaired) electrons. The fourth-order valence-electron chi connectivity index (χ4n) is 7.42. The molecule has 6 unspecified atom stereocenters. The summed E-state index contributed by atoms with van der Waals surface area (Å²) in [5.41, 5.74) is 1.58. The highest BCUT2D eigenvalue weighted by atomic mass is 16.3. The maximum Gasteiger partial charge on any atom is 0.135 e. The molecule has 23 heavy (non-hydrogen) atoms. The predicted molar refractivity (Wildman–Crippen MR) is 91.8 cm³/mol. The smallest absolute Gasteiger partial charge is 0.135 e. The first-order valence-electron chi connectivity index (χ1n) is 9.74. The molecule has 2 heteroatoms. The van der Waals surface area contributed by atoms with E-state index in [2.05, 4.69) is 19.9 Å². The van der Waals surface area contributed by atoms with Crippen LogP contribution in [0.2, 0.25) is 0 Å². The molecule has 0 bridgehead atoms. The van der Waals surface area contributed by atoms with Gasteiger partial charge in [0.15, 0.2) is 0 Å². The van der Waals surface area contributed by atoms with Gasteiger partial charge >= 0.3 is 0 Å². The van der Waals surface area contributed by atoms with Crippen molar-refractivity contribution in [2.24, 2.45) is 40.4 Å². The van der Waals surface area contributed by atoms with Crippen LogP contribution >= 0.6 is 0 Å². The fourth-order valence-corrected chi connectivity index (χ4v) is 7.42. The van der Waals surface area contributed by atoms with Gasteiger partial charge in [0.1, 0.15) is 5.78 Å². The summed E-state index contributed by atoms with van der Waals surface area (Å²) in [4.78, 5) is 12.4. The largest absolute Gasteiger partial charge is 0.392 e. The lowest BCUT2D eigenvalue weighted by Gasteiger charge is -2.63. The quantitative estimate of drug-likeness (QED) is 0.768. The first kappa shape index (κ1) is 15.9. The topological polar surface area (TPSA) is 37.3 Å². The summed E-state index contributed by atoms with van der Waals surface area (Å²) in [7, 11) is 0. The van der Waals surface area contributed by atoms with Crippen LogP contribution in [0.1, 0.15) is 65.7 Å². The number of fused-ring (bicyclic) bond motifs is 5. The summed E-state index contributed by atoms with van der Waals surface area (Å²) < 4.78 is 0. The molecule has 4 aliphatic carbocycles. The van der Waals surface area contributed by atoms with E-state index < -0.39 is 0 Å². The van der Waals surface area contributed by atoms with Crippen molar-refractivity contribution >= 4 is 5.78 Å². The summed E-state index contributed by atoms with van der Waals surface area (Å²) in [6.45, 7) is 6.87. The van der Waals surface area contributed by atoms with Gasteiger partial charge in [-0.25, -0.2) is 0 Å². The number of Topliss-reactive ketones (excluding diaryl/α,β-unsaturated/α-hetero) is 1. The summed E-state index contributed by atoms with van der Waals surface area (Å²) in [5, 5.41) is 9.48. The van der Waals surface area contributed by atoms with Crippen molar-refractivity contribution in [3.63, 3.8) is 0 Å². The van der Waals surface area contributed by atoms with Gasteiger partial charge < -0.3 is 5.11 Å². The van der Waals surface area contributed by atoms with Crippen LogP contribution in [0.25, 0.3) is 0 Å². The van der Waals surface area contributed by atoms with Crippen LogP contribution in [0.3, 0.4) is 0 Å². The first-order valence-corrected chi connectivity index (χ1v) is 9.74. The van der Waals surface area contributed by atoms with Gasteiger partial charge in [-0.3, -0.25) is 4.79 Å². The summed E-state index contributed by atoms with van der Waals surface area (Å²) >= 11 is 0. The zero-order valence-corrected chi connectivity index (χ0v) is 15.0. The average molecular weight is 316 g/mol. The normalized spacial score (nSPS) is 51.7. The van der Waals surface area contributed by atoms with Crippen LogP contribution in [-0.4, -0.2) is 17.5 Å². The van der Waals surface area contributed by atoms with Gasteiger partial charge in [-0.1, -0.05) is 26.3 Å². The standard InChI is InChI=1S/C21H32O2/c1-13(23)20(2)9-4-10-21(3)18-7-5-15-14(12-22)11-17(15)16(18)6-8-19(20)21/h11,15-19,22H,4-10,12H2,1-3H3/t15?,16?,17?,18?,19?,20?,21-/m0/s1. The Hall–Kier alpha value is -0.630. The van der Waals surface area contributed by atoms with E-state index in [-0.39, 0.29) is 12.0 Å². The van der Waals surface area contributed by atoms with E-state index in [9.17, 15) is 9.90 Å². The molecular formula is C21H32O2. The van der Waals surface area contributed by atoms with E-state index in [0.29, 0.717) is 23.0 Å². The molecule has 7 atom stereocenters. The number of hydrogen-bond donors (Lipinski definition) is 1. The molecule has 0 aliphatic heterocycles. The molecule has 0 aromatic heterocycles. The van der Waals surface area contributed by atoms with Crippen LogP contribution < -0.4 is 0 Å². The van der Waals surface area contributed by atoms with Crippen LogP contribution in [0, 0.1) is 40.4 Å². The fraction of sp³-hybridized carbons (Fsp3) is 0.857. The van der Waals surface area contributed by atoms with E-state index in [1.165, 1.54) is 44.1 Å². The predicted octanol–water partition coefficient (Wildman–Crippen LogP) is 4.37. The number of allylic oxidation sites excluding steroid dienone is 1. The van der Waals surface area contributed by atoms with Crippen molar-refractivity contribution in [2.75, 3.05) is 6.61 Å². The van der Waals surface area contributed by atoms with Crippen molar-refractivity contribution in [3.05, 3.63) is 11.6 Å². The third-order valence-electron chi connectivity index (χ3n) is 8.75. The maximum absolute atomic E-state index is 12.4. The average Bonchev–Trinajstić information content (AvgIpc) is 2.48. The minimum Gasteiger partial charge on any atom is -0.392 e. The summed E-state index contributed by atoms with van der Waals surface area (Å²) in [6.07, 6.45) is 11.1. The second kappa shape index (κ2) is 5.18. The van der Waals surface area contributed by atoms with Gasteiger partial charge in [-0.15, -0.1) is 0 Å². The van der Waals surface area contributed by atoms with Crippen LogP contribution in [0.15, 0.2) is 11.6 Å². The minimum atomic E-state index is -0.0828. The minimum absolute atomic E-state index is 0.0828. The molecule has 3 fully saturated rings. The molecule has 0 amide bonds. The molecule has 1 N–H and O–H groups in total. The first-order chi connectivity index (χ1) is 10.9.